The summed E-state index contributed by atoms with van der Waals surface area (Å²) in [4.78, 5) is 27.6. The van der Waals surface area contributed by atoms with Crippen LogP contribution >= 0.6 is 0 Å². The molecule has 0 spiro atoms. The molecule has 2 unspecified atom stereocenters. The van der Waals surface area contributed by atoms with Crippen molar-refractivity contribution in [1.82, 2.24) is 15.6 Å². The lowest BCUT2D eigenvalue weighted by Crippen LogP contribution is -2.43. The number of hydrogen-bond acceptors (Lipinski definition) is 5. The molecule has 2 atom stereocenters. The summed E-state index contributed by atoms with van der Waals surface area (Å²) in [6, 6.07) is 1.17. The fourth-order valence-electron chi connectivity index (χ4n) is 2.44. The molecule has 1 rings (SSSR count). The third-order valence-corrected chi connectivity index (χ3v) is 4.37. The zero-order valence-electron chi connectivity index (χ0n) is 18.6. The molecule has 7 nitrogen and oxygen atoms in total. The largest absolute Gasteiger partial charge is 0.484 e. The number of carbonyl (C=O) groups is 2. The first-order chi connectivity index (χ1) is 16.0. The van der Waals surface area contributed by atoms with Gasteiger partial charge in [0.25, 0.3) is 5.91 Å². The van der Waals surface area contributed by atoms with Crippen LogP contribution in [0.1, 0.15) is 31.0 Å². The molecular formula is C23H27F4N3O4. The maximum atomic E-state index is 12.5. The topological polar surface area (TPSA) is 101 Å². The van der Waals surface area contributed by atoms with E-state index in [4.69, 9.17) is 4.74 Å². The van der Waals surface area contributed by atoms with E-state index in [0.717, 1.165) is 12.1 Å². The highest BCUT2D eigenvalue weighted by Crippen LogP contribution is 2.28. The highest BCUT2D eigenvalue weighted by atomic mass is 19.4. The molecule has 0 bridgehead atoms. The van der Waals surface area contributed by atoms with Crippen LogP contribution in [0.15, 0.2) is 67.4 Å². The van der Waals surface area contributed by atoms with Gasteiger partial charge in [-0.05, 0) is 37.1 Å². The second-order valence-electron chi connectivity index (χ2n) is 7.19. The number of ether oxygens (including phenoxy) is 1. The molecule has 186 valence electrons. The van der Waals surface area contributed by atoms with E-state index < -0.39 is 42.3 Å². The third kappa shape index (κ3) is 10.9. The smallest absolute Gasteiger partial charge is 0.417 e. The van der Waals surface area contributed by atoms with Gasteiger partial charge < -0.3 is 20.5 Å². The Labute approximate surface area is 194 Å². The number of carbonyl (C=O) groups excluding carboxylic acids is 2. The fourth-order valence-corrected chi connectivity index (χ4v) is 2.44. The molecular weight excluding hydrogens is 458 g/mol. The predicted octanol–water partition coefficient (Wildman–Crippen LogP) is 3.49. The van der Waals surface area contributed by atoms with Crippen LogP contribution in [0.2, 0.25) is 0 Å². The number of allylic oxidation sites excluding steroid dienone is 3. The van der Waals surface area contributed by atoms with Crippen molar-refractivity contribution >= 4 is 11.8 Å². The Bertz CT molecular complexity index is 912. The van der Waals surface area contributed by atoms with Gasteiger partial charge in [-0.25, -0.2) is 4.39 Å². The number of aliphatic hydroxyl groups excluding tert-OH is 1. The van der Waals surface area contributed by atoms with Gasteiger partial charge >= 0.3 is 6.18 Å². The van der Waals surface area contributed by atoms with Crippen LogP contribution in [0.25, 0.3) is 0 Å². The average Bonchev–Trinajstić information content (AvgIpc) is 2.81. The lowest BCUT2D eigenvalue weighted by Gasteiger charge is -2.21. The quantitative estimate of drug-likeness (QED) is 0.172. The molecule has 1 aromatic rings. The molecule has 2 amide bonds. The molecule has 1 aromatic heterocycles. The molecule has 0 radical (unpaired) electrons. The fraction of sp³-hybridized carbons (Fsp3) is 0.348. The summed E-state index contributed by atoms with van der Waals surface area (Å²) in [5, 5.41) is 15.2. The van der Waals surface area contributed by atoms with E-state index in [0.29, 0.717) is 18.1 Å². The molecule has 0 saturated carbocycles. The minimum absolute atomic E-state index is 0.0195. The maximum absolute atomic E-state index is 12.5. The number of aliphatic hydroxyl groups is 1. The Kier molecular flexibility index (Phi) is 11.7. The van der Waals surface area contributed by atoms with Crippen molar-refractivity contribution in [2.75, 3.05) is 6.61 Å². The summed E-state index contributed by atoms with van der Waals surface area (Å²) in [6.07, 6.45) is -0.569. The first kappa shape index (κ1) is 28.6. The van der Waals surface area contributed by atoms with Crippen LogP contribution < -0.4 is 10.6 Å². The Balaban J connectivity index is 2.41. The van der Waals surface area contributed by atoms with E-state index in [9.17, 15) is 32.3 Å². The Morgan fingerprint density at radius 1 is 1.26 bits per heavy atom. The standard InChI is InChI=1S/C23H27F4N3O4/c1-4-19(30-22(33)14-34-16(3)6-5-15(2)11-24)20(31)9-10-21(32)29-13-18-8-7-17(12-28-18)23(25,26)27/h4-8,11-12,19-20,31H,1,3,9-10,13-14H2,2H3,(H,29,32)(H,30,33)/b6-5-,15-11+. The second-order valence-corrected chi connectivity index (χ2v) is 7.19. The normalized spacial score (nSPS) is 13.8. The lowest BCUT2D eigenvalue weighted by atomic mass is 10.1. The number of nitrogens with zero attached hydrogens (tertiary/aromatic N) is 1. The molecule has 0 aliphatic heterocycles. The summed E-state index contributed by atoms with van der Waals surface area (Å²) < 4.78 is 55.0. The van der Waals surface area contributed by atoms with Gasteiger partial charge in [-0.1, -0.05) is 18.7 Å². The minimum Gasteiger partial charge on any atom is -0.484 e. The molecule has 34 heavy (non-hydrogen) atoms. The number of amides is 2. The van der Waals surface area contributed by atoms with Crippen LogP contribution in [-0.4, -0.2) is 40.7 Å². The van der Waals surface area contributed by atoms with Gasteiger partial charge in [-0.3, -0.25) is 14.6 Å². The highest BCUT2D eigenvalue weighted by Gasteiger charge is 2.30. The van der Waals surface area contributed by atoms with E-state index in [1.54, 1.807) is 0 Å². The van der Waals surface area contributed by atoms with Gasteiger partial charge in [0.1, 0.15) is 5.76 Å². The summed E-state index contributed by atoms with van der Waals surface area (Å²) >= 11 is 0. The van der Waals surface area contributed by atoms with Gasteiger partial charge in [0, 0.05) is 12.6 Å². The van der Waals surface area contributed by atoms with Gasteiger partial charge in [-0.15, -0.1) is 6.58 Å². The van der Waals surface area contributed by atoms with Crippen molar-refractivity contribution in [3.8, 4) is 0 Å². The van der Waals surface area contributed by atoms with Gasteiger partial charge in [0.15, 0.2) is 6.61 Å². The maximum Gasteiger partial charge on any atom is 0.417 e. The summed E-state index contributed by atoms with van der Waals surface area (Å²) in [5.41, 5.74) is -0.312. The first-order valence-electron chi connectivity index (χ1n) is 10.1. The number of aromatic nitrogens is 1. The van der Waals surface area contributed by atoms with Crippen molar-refractivity contribution in [2.24, 2.45) is 0 Å². The molecule has 0 aromatic carbocycles. The van der Waals surface area contributed by atoms with Crippen LogP contribution in [0, 0.1) is 0 Å². The third-order valence-electron chi connectivity index (χ3n) is 4.37. The van der Waals surface area contributed by atoms with E-state index in [2.05, 4.69) is 28.8 Å². The lowest BCUT2D eigenvalue weighted by molar-refractivity contribution is -0.138. The minimum atomic E-state index is -4.49. The number of halogens is 4. The number of rotatable bonds is 13. The van der Waals surface area contributed by atoms with Crippen molar-refractivity contribution in [1.29, 1.82) is 0 Å². The van der Waals surface area contributed by atoms with Gasteiger partial charge in [0.05, 0.1) is 36.3 Å². The molecule has 0 saturated heterocycles. The zero-order valence-corrected chi connectivity index (χ0v) is 18.6. The number of pyridine rings is 1. The summed E-state index contributed by atoms with van der Waals surface area (Å²) in [6.45, 7) is 8.15. The first-order valence-corrected chi connectivity index (χ1v) is 10.1. The number of hydrogen-bond donors (Lipinski definition) is 3. The van der Waals surface area contributed by atoms with Crippen molar-refractivity contribution < 1.29 is 37.0 Å². The Morgan fingerprint density at radius 3 is 2.53 bits per heavy atom. The van der Waals surface area contributed by atoms with Crippen LogP contribution in [-0.2, 0) is 27.0 Å². The SMILES string of the molecule is C=CC(NC(=O)COC(=C)/C=C\C(C)=C\F)C(O)CCC(=O)NCc1ccc(C(F)(F)F)cn1. The molecule has 3 N–H and O–H groups in total. The van der Waals surface area contributed by atoms with Crippen LogP contribution in [0.3, 0.4) is 0 Å². The van der Waals surface area contributed by atoms with Crippen molar-refractivity contribution in [2.45, 2.75) is 44.6 Å². The van der Waals surface area contributed by atoms with Crippen molar-refractivity contribution in [3.63, 3.8) is 0 Å². The number of alkyl halides is 3. The number of nitrogens with one attached hydrogen (secondary N) is 2. The molecule has 0 aliphatic carbocycles. The van der Waals surface area contributed by atoms with E-state index in [1.165, 1.54) is 25.2 Å². The predicted molar refractivity (Wildman–Crippen MR) is 118 cm³/mol. The summed E-state index contributed by atoms with van der Waals surface area (Å²) in [7, 11) is 0. The van der Waals surface area contributed by atoms with E-state index >= 15 is 0 Å². The van der Waals surface area contributed by atoms with E-state index in [-0.39, 0.29) is 30.8 Å². The van der Waals surface area contributed by atoms with Crippen LogP contribution in [0.4, 0.5) is 17.6 Å². The van der Waals surface area contributed by atoms with Crippen LogP contribution in [0.5, 0.6) is 0 Å². The molecule has 11 heteroatoms. The van der Waals surface area contributed by atoms with Gasteiger partial charge in [-0.2, -0.15) is 13.2 Å². The zero-order chi connectivity index (χ0) is 25.7. The molecule has 0 aliphatic rings. The monoisotopic (exact) mass is 485 g/mol. The highest BCUT2D eigenvalue weighted by molar-refractivity contribution is 5.78. The van der Waals surface area contributed by atoms with E-state index in [1.807, 2.05) is 0 Å². The molecule has 0 fully saturated rings. The average molecular weight is 485 g/mol. The van der Waals surface area contributed by atoms with Crippen molar-refractivity contribution in [3.05, 3.63) is 78.6 Å². The Morgan fingerprint density at radius 2 is 1.97 bits per heavy atom. The molecule has 1 heterocycles. The Hall–Kier alpha value is -3.47. The van der Waals surface area contributed by atoms with Gasteiger partial charge in [0.2, 0.25) is 5.91 Å². The summed E-state index contributed by atoms with van der Waals surface area (Å²) in [5.74, 6) is -0.903. The second kappa shape index (κ2) is 13.9.